The molecule has 1 heterocycles. The Bertz CT molecular complexity index is 1440. The highest BCUT2D eigenvalue weighted by Gasteiger charge is 2.36. The maximum Gasteiger partial charge on any atom is 0.344 e. The highest BCUT2D eigenvalue weighted by Crippen LogP contribution is 2.41. The van der Waals surface area contributed by atoms with E-state index < -0.39 is 11.2 Å². The smallest absolute Gasteiger partial charge is 0.344 e. The van der Waals surface area contributed by atoms with Crippen LogP contribution in [0.15, 0.2) is 106 Å². The van der Waals surface area contributed by atoms with Crippen LogP contribution in [-0.2, 0) is 5.60 Å². The predicted octanol–water partition coefficient (Wildman–Crippen LogP) is 5.24. The van der Waals surface area contributed by atoms with Crippen LogP contribution in [0.3, 0.4) is 0 Å². The van der Waals surface area contributed by atoms with E-state index in [1.54, 1.807) is 31.4 Å². The lowest BCUT2D eigenvalue weighted by Gasteiger charge is -2.30. The lowest BCUT2D eigenvalue weighted by Crippen LogP contribution is -2.29. The average Bonchev–Trinajstić information content (AvgIpc) is 2.84. The number of benzene rings is 4. The third-order valence-electron chi connectivity index (χ3n) is 5.74. The number of fused-ring (bicyclic) bond motifs is 3. The van der Waals surface area contributed by atoms with Crippen molar-refractivity contribution in [3.63, 3.8) is 0 Å². The van der Waals surface area contributed by atoms with Gasteiger partial charge in [-0.15, -0.1) is 0 Å². The van der Waals surface area contributed by atoms with E-state index in [0.29, 0.717) is 33.4 Å². The molecule has 4 nitrogen and oxygen atoms in total. The summed E-state index contributed by atoms with van der Waals surface area (Å²) in [6, 6.07) is 29.6. The van der Waals surface area contributed by atoms with Crippen LogP contribution >= 0.6 is 0 Å². The Balaban J connectivity index is 1.88. The molecule has 1 N–H and O–H groups in total. The maximum absolute atomic E-state index is 12.8. The zero-order valence-corrected chi connectivity index (χ0v) is 16.9. The maximum atomic E-state index is 12.8. The molecule has 0 fully saturated rings. The lowest BCUT2D eigenvalue weighted by molar-refractivity contribution is 0.126. The molecule has 1 aromatic heterocycles. The Morgan fingerprint density at radius 3 is 2.03 bits per heavy atom. The molecule has 0 radical (unpaired) electrons. The van der Waals surface area contributed by atoms with Crippen molar-refractivity contribution in [1.29, 1.82) is 0 Å². The minimum Gasteiger partial charge on any atom is -0.497 e. The van der Waals surface area contributed by atoms with Gasteiger partial charge in [-0.25, -0.2) is 4.79 Å². The van der Waals surface area contributed by atoms with Gasteiger partial charge in [0, 0.05) is 10.9 Å². The van der Waals surface area contributed by atoms with Gasteiger partial charge in [-0.05, 0) is 34.7 Å². The van der Waals surface area contributed by atoms with E-state index in [9.17, 15) is 9.90 Å². The van der Waals surface area contributed by atoms with Crippen LogP contribution in [-0.4, -0.2) is 12.2 Å². The van der Waals surface area contributed by atoms with Crippen LogP contribution < -0.4 is 10.4 Å². The minimum atomic E-state index is -1.54. The van der Waals surface area contributed by atoms with E-state index in [1.807, 2.05) is 72.8 Å². The van der Waals surface area contributed by atoms with Gasteiger partial charge in [0.2, 0.25) is 0 Å². The Labute approximate surface area is 179 Å². The number of para-hydroxylation sites is 1. The van der Waals surface area contributed by atoms with Crippen LogP contribution in [0.4, 0.5) is 0 Å². The summed E-state index contributed by atoms with van der Waals surface area (Å²) in [7, 11) is 1.60. The highest BCUT2D eigenvalue weighted by molar-refractivity contribution is 6.05. The third-order valence-corrected chi connectivity index (χ3v) is 5.74. The van der Waals surface area contributed by atoms with E-state index in [1.165, 1.54) is 0 Å². The van der Waals surface area contributed by atoms with Crippen molar-refractivity contribution in [1.82, 2.24) is 0 Å². The van der Waals surface area contributed by atoms with Gasteiger partial charge in [0.1, 0.15) is 16.9 Å². The summed E-state index contributed by atoms with van der Waals surface area (Å²) in [6.07, 6.45) is 0. The van der Waals surface area contributed by atoms with Gasteiger partial charge in [0.15, 0.2) is 0 Å². The van der Waals surface area contributed by atoms with Crippen molar-refractivity contribution in [2.75, 3.05) is 7.11 Å². The van der Waals surface area contributed by atoms with Gasteiger partial charge < -0.3 is 14.3 Å². The standard InChI is InChI=1S/C27H20O4/c1-30-20-16-14-19(15-17-20)27(29,18-8-3-2-4-9-18)24-13-7-12-22-21-10-5-6-11-23(21)26(28)31-25(22)24/h2-17,29H,1H3. The second-order valence-corrected chi connectivity index (χ2v) is 7.42. The zero-order chi connectivity index (χ0) is 21.4. The van der Waals surface area contributed by atoms with E-state index >= 15 is 0 Å². The van der Waals surface area contributed by atoms with Gasteiger partial charge in [-0.2, -0.15) is 0 Å². The van der Waals surface area contributed by atoms with Crippen molar-refractivity contribution in [2.45, 2.75) is 5.60 Å². The topological polar surface area (TPSA) is 59.7 Å². The van der Waals surface area contributed by atoms with Crippen molar-refractivity contribution in [3.8, 4) is 5.75 Å². The summed E-state index contributed by atoms with van der Waals surface area (Å²) in [6.45, 7) is 0. The first-order chi connectivity index (χ1) is 15.1. The molecule has 31 heavy (non-hydrogen) atoms. The number of hydrogen-bond acceptors (Lipinski definition) is 4. The summed E-state index contributed by atoms with van der Waals surface area (Å²) in [4.78, 5) is 12.8. The predicted molar refractivity (Wildman–Crippen MR) is 122 cm³/mol. The molecule has 0 spiro atoms. The number of ether oxygens (including phenoxy) is 1. The number of rotatable bonds is 4. The fraction of sp³-hybridized carbons (Fsp3) is 0.0741. The molecule has 0 aliphatic rings. The Morgan fingerprint density at radius 1 is 0.710 bits per heavy atom. The molecule has 5 aromatic rings. The van der Waals surface area contributed by atoms with Gasteiger partial charge in [-0.1, -0.05) is 78.9 Å². The number of aliphatic hydroxyl groups is 1. The van der Waals surface area contributed by atoms with Crippen LogP contribution in [0.1, 0.15) is 16.7 Å². The first-order valence-electron chi connectivity index (χ1n) is 10.0. The fourth-order valence-electron chi connectivity index (χ4n) is 4.18. The Hall–Kier alpha value is -3.89. The van der Waals surface area contributed by atoms with Crippen LogP contribution in [0.5, 0.6) is 5.75 Å². The van der Waals surface area contributed by atoms with Crippen molar-refractivity contribution in [3.05, 3.63) is 124 Å². The van der Waals surface area contributed by atoms with E-state index in [4.69, 9.17) is 9.15 Å². The van der Waals surface area contributed by atoms with Crippen molar-refractivity contribution in [2.24, 2.45) is 0 Å². The second kappa shape index (κ2) is 7.42. The molecule has 0 saturated carbocycles. The normalized spacial score (nSPS) is 13.2. The molecule has 1 atom stereocenters. The molecule has 0 bridgehead atoms. The molecule has 152 valence electrons. The molecular weight excluding hydrogens is 388 g/mol. The molecule has 0 aliphatic heterocycles. The molecule has 0 amide bonds. The van der Waals surface area contributed by atoms with Gasteiger partial charge in [0.25, 0.3) is 0 Å². The van der Waals surface area contributed by atoms with Gasteiger partial charge in [-0.3, -0.25) is 0 Å². The summed E-state index contributed by atoms with van der Waals surface area (Å²) < 4.78 is 11.1. The third kappa shape index (κ3) is 3.00. The molecule has 5 rings (SSSR count). The Kier molecular flexibility index (Phi) is 4.57. The molecular formula is C27H20O4. The van der Waals surface area contributed by atoms with E-state index in [2.05, 4.69) is 0 Å². The Morgan fingerprint density at radius 2 is 1.32 bits per heavy atom. The van der Waals surface area contributed by atoms with Crippen molar-refractivity contribution < 1.29 is 14.3 Å². The number of methoxy groups -OCH3 is 1. The quantitative estimate of drug-likeness (QED) is 0.251. The summed E-state index contributed by atoms with van der Waals surface area (Å²) in [5, 5.41) is 14.3. The molecule has 1 unspecified atom stereocenters. The lowest BCUT2D eigenvalue weighted by atomic mass is 9.79. The largest absolute Gasteiger partial charge is 0.497 e. The fourth-order valence-corrected chi connectivity index (χ4v) is 4.18. The van der Waals surface area contributed by atoms with Crippen molar-refractivity contribution >= 4 is 21.7 Å². The molecule has 4 heteroatoms. The average molecular weight is 408 g/mol. The van der Waals surface area contributed by atoms with Crippen LogP contribution in [0.2, 0.25) is 0 Å². The number of hydrogen-bond donors (Lipinski definition) is 1. The van der Waals surface area contributed by atoms with Crippen LogP contribution in [0, 0.1) is 0 Å². The molecule has 4 aromatic carbocycles. The molecule has 0 aliphatic carbocycles. The SMILES string of the molecule is COc1ccc(C(O)(c2ccccc2)c2cccc3c2oc(=O)c2ccccc23)cc1. The molecule has 0 saturated heterocycles. The minimum absolute atomic E-state index is 0.369. The summed E-state index contributed by atoms with van der Waals surface area (Å²) in [5.74, 6) is 0.689. The summed E-state index contributed by atoms with van der Waals surface area (Å²) in [5.41, 5.74) is 0.218. The van der Waals surface area contributed by atoms with E-state index in [-0.39, 0.29) is 0 Å². The first-order valence-corrected chi connectivity index (χ1v) is 10.0. The van der Waals surface area contributed by atoms with Gasteiger partial charge >= 0.3 is 5.63 Å². The van der Waals surface area contributed by atoms with Gasteiger partial charge in [0.05, 0.1) is 12.5 Å². The second-order valence-electron chi connectivity index (χ2n) is 7.42. The summed E-state index contributed by atoms with van der Waals surface area (Å²) >= 11 is 0. The van der Waals surface area contributed by atoms with E-state index in [0.717, 1.165) is 10.8 Å². The first kappa shape index (κ1) is 19.1. The monoisotopic (exact) mass is 408 g/mol. The van der Waals surface area contributed by atoms with Crippen LogP contribution in [0.25, 0.3) is 21.7 Å². The highest BCUT2D eigenvalue weighted by atomic mass is 16.5. The zero-order valence-electron chi connectivity index (χ0n) is 16.9.